The van der Waals surface area contributed by atoms with Crippen LogP contribution in [0.4, 0.5) is 0 Å². The maximum Gasteiger partial charge on any atom is 0.333 e. The third-order valence-corrected chi connectivity index (χ3v) is 1.63. The molecule has 0 fully saturated rings. The van der Waals surface area contributed by atoms with Gasteiger partial charge in [0.1, 0.15) is 5.78 Å². The van der Waals surface area contributed by atoms with E-state index in [0.29, 0.717) is 12.0 Å². The van der Waals surface area contributed by atoms with E-state index in [1.54, 1.807) is 0 Å². The summed E-state index contributed by atoms with van der Waals surface area (Å²) < 4.78 is 4.43. The topological polar surface area (TPSA) is 72.5 Å². The van der Waals surface area contributed by atoms with E-state index >= 15 is 0 Å². The number of hydrogen-bond donors (Lipinski definition) is 1. The van der Waals surface area contributed by atoms with Crippen LogP contribution in [-0.4, -0.2) is 31.3 Å². The Hall–Kier alpha value is -1.65. The fourth-order valence-corrected chi connectivity index (χ4v) is 0.888. The van der Waals surface area contributed by atoms with Gasteiger partial charge in [-0.25, -0.2) is 4.79 Å². The minimum atomic E-state index is -0.490. The molecule has 5 nitrogen and oxygen atoms in total. The fraction of sp³-hybridized carbons (Fsp3) is 0.500. The van der Waals surface area contributed by atoms with E-state index < -0.39 is 5.97 Å². The molecule has 0 aliphatic carbocycles. The number of rotatable bonds is 6. The number of esters is 1. The van der Waals surface area contributed by atoms with Gasteiger partial charge >= 0.3 is 5.97 Å². The second kappa shape index (κ2) is 6.75. The quantitative estimate of drug-likeness (QED) is 0.388. The zero-order valence-corrected chi connectivity index (χ0v) is 8.96. The van der Waals surface area contributed by atoms with Crippen LogP contribution in [0.3, 0.4) is 0 Å². The van der Waals surface area contributed by atoms with Gasteiger partial charge in [0, 0.05) is 12.1 Å². The van der Waals surface area contributed by atoms with Crippen LogP contribution >= 0.6 is 0 Å². The number of ketones is 1. The summed E-state index contributed by atoms with van der Waals surface area (Å²) in [7, 11) is 1.27. The molecule has 0 aromatic rings. The largest absolute Gasteiger partial charge is 0.466 e. The van der Waals surface area contributed by atoms with Gasteiger partial charge in [0.2, 0.25) is 5.91 Å². The van der Waals surface area contributed by atoms with E-state index in [2.05, 4.69) is 16.6 Å². The van der Waals surface area contributed by atoms with Crippen LogP contribution in [0.1, 0.15) is 19.8 Å². The number of amides is 1. The Morgan fingerprint density at radius 3 is 2.40 bits per heavy atom. The maximum absolute atomic E-state index is 11.0. The van der Waals surface area contributed by atoms with Crippen molar-refractivity contribution in [3.63, 3.8) is 0 Å². The summed E-state index contributed by atoms with van der Waals surface area (Å²) in [6.07, 6.45) is 0.182. The molecule has 5 heteroatoms. The first kappa shape index (κ1) is 13.4. The molecule has 15 heavy (non-hydrogen) atoms. The molecule has 84 valence electrons. The van der Waals surface area contributed by atoms with Crippen molar-refractivity contribution in [3.8, 4) is 0 Å². The minimum Gasteiger partial charge on any atom is -0.466 e. The van der Waals surface area contributed by atoms with Gasteiger partial charge in [-0.05, 0) is 13.3 Å². The van der Waals surface area contributed by atoms with Gasteiger partial charge in [-0.15, -0.1) is 0 Å². The van der Waals surface area contributed by atoms with Crippen molar-refractivity contribution in [1.29, 1.82) is 0 Å². The highest BCUT2D eigenvalue weighted by molar-refractivity contribution is 5.96. The van der Waals surface area contributed by atoms with Crippen molar-refractivity contribution in [2.45, 2.75) is 19.8 Å². The highest BCUT2D eigenvalue weighted by atomic mass is 16.5. The zero-order chi connectivity index (χ0) is 11.8. The molecule has 1 amide bonds. The second-order valence-electron chi connectivity index (χ2n) is 3.07. The predicted molar refractivity (Wildman–Crippen MR) is 54.1 cm³/mol. The number of ether oxygens (including phenoxy) is 1. The Balaban J connectivity index is 3.71. The van der Waals surface area contributed by atoms with Crippen LogP contribution in [0.5, 0.6) is 0 Å². The van der Waals surface area contributed by atoms with E-state index in [9.17, 15) is 14.4 Å². The van der Waals surface area contributed by atoms with Crippen LogP contribution in [0.2, 0.25) is 0 Å². The second-order valence-corrected chi connectivity index (χ2v) is 3.07. The lowest BCUT2D eigenvalue weighted by atomic mass is 10.2. The Morgan fingerprint density at radius 1 is 1.33 bits per heavy atom. The molecule has 0 bridgehead atoms. The maximum atomic E-state index is 11.0. The lowest BCUT2D eigenvalue weighted by molar-refractivity contribution is -0.136. The van der Waals surface area contributed by atoms with Gasteiger partial charge in [-0.1, -0.05) is 6.58 Å². The lowest BCUT2D eigenvalue weighted by Gasteiger charge is -2.04. The Bertz CT molecular complexity index is 283. The standard InChI is InChI=1S/C10H15NO4/c1-7(10(14)15-3)4-5-11-9(13)6-8(2)12/h1,4-6H2,2-3H3,(H,11,13). The molecule has 0 saturated carbocycles. The van der Waals surface area contributed by atoms with Crippen LogP contribution in [0, 0.1) is 0 Å². The first-order valence-electron chi connectivity index (χ1n) is 4.49. The van der Waals surface area contributed by atoms with Crippen molar-refractivity contribution in [1.82, 2.24) is 5.32 Å². The van der Waals surface area contributed by atoms with Gasteiger partial charge in [-0.2, -0.15) is 0 Å². The monoisotopic (exact) mass is 213 g/mol. The lowest BCUT2D eigenvalue weighted by Crippen LogP contribution is -2.26. The average Bonchev–Trinajstić information content (AvgIpc) is 2.15. The molecule has 0 aromatic carbocycles. The van der Waals surface area contributed by atoms with Crippen molar-refractivity contribution in [2.24, 2.45) is 0 Å². The Morgan fingerprint density at radius 2 is 1.93 bits per heavy atom. The Kier molecular flexibility index (Phi) is 6.01. The predicted octanol–water partition coefficient (Wildman–Crippen LogP) is 0.201. The van der Waals surface area contributed by atoms with Gasteiger partial charge in [0.15, 0.2) is 0 Å². The zero-order valence-electron chi connectivity index (χ0n) is 8.96. The highest BCUT2D eigenvalue weighted by Crippen LogP contribution is 1.98. The summed E-state index contributed by atoms with van der Waals surface area (Å²) in [6, 6.07) is 0. The molecule has 0 unspecified atom stereocenters. The summed E-state index contributed by atoms with van der Waals surface area (Å²) in [6.45, 7) is 5.11. The summed E-state index contributed by atoms with van der Waals surface area (Å²) in [5, 5.41) is 2.50. The summed E-state index contributed by atoms with van der Waals surface area (Å²) in [4.78, 5) is 32.4. The number of carbonyl (C=O) groups excluding carboxylic acids is 3. The van der Waals surface area contributed by atoms with E-state index in [-0.39, 0.29) is 24.7 Å². The summed E-state index contributed by atoms with van der Waals surface area (Å²) in [5.41, 5.74) is 0.292. The number of hydrogen-bond acceptors (Lipinski definition) is 4. The number of carbonyl (C=O) groups is 3. The van der Waals surface area contributed by atoms with Crippen molar-refractivity contribution in [3.05, 3.63) is 12.2 Å². The number of methoxy groups -OCH3 is 1. The highest BCUT2D eigenvalue weighted by Gasteiger charge is 2.08. The van der Waals surface area contributed by atoms with Crippen molar-refractivity contribution >= 4 is 17.7 Å². The van der Waals surface area contributed by atoms with E-state index in [0.717, 1.165) is 0 Å². The van der Waals surface area contributed by atoms with Gasteiger partial charge in [0.25, 0.3) is 0 Å². The molecule has 0 aromatic heterocycles. The molecule has 0 saturated heterocycles. The first-order valence-corrected chi connectivity index (χ1v) is 4.49. The van der Waals surface area contributed by atoms with Gasteiger partial charge < -0.3 is 10.1 Å². The van der Waals surface area contributed by atoms with Crippen LogP contribution in [-0.2, 0) is 19.1 Å². The molecule has 0 radical (unpaired) electrons. The molecular formula is C10H15NO4. The third kappa shape index (κ3) is 6.42. The van der Waals surface area contributed by atoms with Crippen LogP contribution < -0.4 is 5.32 Å². The van der Waals surface area contributed by atoms with Gasteiger partial charge in [-0.3, -0.25) is 9.59 Å². The molecule has 0 heterocycles. The van der Waals surface area contributed by atoms with Gasteiger partial charge in [0.05, 0.1) is 13.5 Å². The molecule has 0 aliphatic heterocycles. The molecule has 0 aliphatic rings. The SMILES string of the molecule is C=C(CCNC(=O)CC(C)=O)C(=O)OC. The van der Waals surface area contributed by atoms with E-state index in [4.69, 9.17) is 0 Å². The summed E-state index contributed by atoms with van der Waals surface area (Å²) >= 11 is 0. The number of Topliss-reactive ketones (excluding diaryl/α,β-unsaturated/α-hetero) is 1. The molecule has 0 rings (SSSR count). The smallest absolute Gasteiger partial charge is 0.333 e. The Labute approximate surface area is 88.5 Å². The third-order valence-electron chi connectivity index (χ3n) is 1.63. The van der Waals surface area contributed by atoms with E-state index in [1.807, 2.05) is 0 Å². The summed E-state index contributed by atoms with van der Waals surface area (Å²) in [5.74, 6) is -1.03. The van der Waals surface area contributed by atoms with Crippen molar-refractivity contribution < 1.29 is 19.1 Å². The molecule has 0 spiro atoms. The fourth-order valence-electron chi connectivity index (χ4n) is 0.888. The van der Waals surface area contributed by atoms with E-state index in [1.165, 1.54) is 14.0 Å². The first-order chi connectivity index (χ1) is 6.97. The normalized spacial score (nSPS) is 9.20. The van der Waals surface area contributed by atoms with Crippen molar-refractivity contribution in [2.75, 3.05) is 13.7 Å². The average molecular weight is 213 g/mol. The van der Waals surface area contributed by atoms with Crippen LogP contribution in [0.15, 0.2) is 12.2 Å². The molecular weight excluding hydrogens is 198 g/mol. The molecule has 0 atom stereocenters. The number of nitrogens with one attached hydrogen (secondary N) is 1. The molecule has 1 N–H and O–H groups in total. The van der Waals surface area contributed by atoms with Crippen LogP contribution in [0.25, 0.3) is 0 Å². The minimum absolute atomic E-state index is 0.134.